The molecule has 0 spiro atoms. The quantitative estimate of drug-likeness (QED) is 0.616. The third-order valence-electron chi connectivity index (χ3n) is 2.74. The van der Waals surface area contributed by atoms with Crippen LogP contribution in [0.2, 0.25) is 0 Å². The van der Waals surface area contributed by atoms with E-state index in [1.54, 1.807) is 7.11 Å². The van der Waals surface area contributed by atoms with Crippen LogP contribution in [-0.2, 0) is 12.8 Å². The molecule has 64 valence electrons. The summed E-state index contributed by atoms with van der Waals surface area (Å²) in [6, 6.07) is 4.29. The highest BCUT2D eigenvalue weighted by atomic mass is 16.5. The maximum absolute atomic E-state index is 5.27. The van der Waals surface area contributed by atoms with Gasteiger partial charge in [-0.15, -0.1) is 0 Å². The van der Waals surface area contributed by atoms with Gasteiger partial charge in [0.2, 0.25) is 0 Å². The molecule has 0 fully saturated rings. The maximum Gasteiger partial charge on any atom is 0.122 e. The van der Waals surface area contributed by atoms with E-state index in [9.17, 15) is 0 Å². The minimum absolute atomic E-state index is 1.04. The van der Waals surface area contributed by atoms with Crippen molar-refractivity contribution in [3.05, 3.63) is 28.8 Å². The Morgan fingerprint density at radius 2 is 2.08 bits per heavy atom. The smallest absolute Gasteiger partial charge is 0.122 e. The number of methoxy groups -OCH3 is 1. The molecule has 1 aliphatic rings. The molecule has 1 aliphatic carbocycles. The highest BCUT2D eigenvalue weighted by Crippen LogP contribution is 2.30. The first-order valence-corrected chi connectivity index (χ1v) is 4.48. The van der Waals surface area contributed by atoms with Crippen LogP contribution in [0, 0.1) is 6.92 Å². The highest BCUT2D eigenvalue weighted by molar-refractivity contribution is 5.46. The summed E-state index contributed by atoms with van der Waals surface area (Å²) < 4.78 is 5.27. The average Bonchev–Trinajstić information content (AvgIpc) is 2.53. The maximum atomic E-state index is 5.27. The number of hydrogen-bond acceptors (Lipinski definition) is 1. The Balaban J connectivity index is 2.54. The van der Waals surface area contributed by atoms with Gasteiger partial charge in [-0.25, -0.2) is 0 Å². The number of ether oxygens (including phenoxy) is 1. The molecular formula is C11H14O. The summed E-state index contributed by atoms with van der Waals surface area (Å²) in [5.41, 5.74) is 4.38. The molecule has 0 aliphatic heterocycles. The van der Waals surface area contributed by atoms with Crippen molar-refractivity contribution in [1.82, 2.24) is 0 Å². The molecule has 12 heavy (non-hydrogen) atoms. The van der Waals surface area contributed by atoms with Gasteiger partial charge in [0.05, 0.1) is 7.11 Å². The summed E-state index contributed by atoms with van der Waals surface area (Å²) in [5, 5.41) is 0. The molecule has 2 rings (SSSR count). The molecule has 0 bridgehead atoms. The monoisotopic (exact) mass is 162 g/mol. The molecule has 0 radical (unpaired) electrons. The first-order chi connectivity index (χ1) is 5.83. The van der Waals surface area contributed by atoms with Gasteiger partial charge in [0, 0.05) is 0 Å². The van der Waals surface area contributed by atoms with Gasteiger partial charge in [0.25, 0.3) is 0 Å². The number of fused-ring (bicyclic) bond motifs is 1. The lowest BCUT2D eigenvalue weighted by Crippen LogP contribution is -1.92. The number of aryl methyl sites for hydroxylation is 1. The van der Waals surface area contributed by atoms with Crippen LogP contribution in [0.1, 0.15) is 23.1 Å². The lowest BCUT2D eigenvalue weighted by Gasteiger charge is -2.08. The van der Waals surface area contributed by atoms with Gasteiger partial charge < -0.3 is 4.74 Å². The number of benzene rings is 1. The van der Waals surface area contributed by atoms with Crippen LogP contribution >= 0.6 is 0 Å². The van der Waals surface area contributed by atoms with Gasteiger partial charge in [-0.05, 0) is 48.9 Å². The van der Waals surface area contributed by atoms with Gasteiger partial charge in [-0.2, -0.15) is 0 Å². The van der Waals surface area contributed by atoms with Crippen LogP contribution < -0.4 is 4.74 Å². The number of hydrogen-bond donors (Lipinski definition) is 0. The van der Waals surface area contributed by atoms with Crippen LogP contribution in [0.4, 0.5) is 0 Å². The van der Waals surface area contributed by atoms with Crippen LogP contribution in [0.3, 0.4) is 0 Å². The molecule has 1 nitrogen and oxygen atoms in total. The fraction of sp³-hybridized carbons (Fsp3) is 0.455. The van der Waals surface area contributed by atoms with Gasteiger partial charge in [0.15, 0.2) is 0 Å². The SMILES string of the molecule is COc1ccc2c(c1C)CCC2. The molecule has 0 atom stereocenters. The molecule has 0 aromatic heterocycles. The summed E-state index contributed by atoms with van der Waals surface area (Å²) >= 11 is 0. The van der Waals surface area contributed by atoms with Crippen LogP contribution in [-0.4, -0.2) is 7.11 Å². The van der Waals surface area contributed by atoms with E-state index in [0.29, 0.717) is 0 Å². The second-order valence-electron chi connectivity index (χ2n) is 3.38. The Labute approximate surface area is 73.4 Å². The molecule has 0 saturated heterocycles. The zero-order chi connectivity index (χ0) is 8.55. The van der Waals surface area contributed by atoms with E-state index in [2.05, 4.69) is 19.1 Å². The topological polar surface area (TPSA) is 9.23 Å². The lowest BCUT2D eigenvalue weighted by atomic mass is 10.0. The molecule has 0 amide bonds. The second kappa shape index (κ2) is 2.81. The van der Waals surface area contributed by atoms with E-state index in [1.165, 1.54) is 36.0 Å². The zero-order valence-corrected chi connectivity index (χ0v) is 7.68. The molecule has 0 N–H and O–H groups in total. The Kier molecular flexibility index (Phi) is 1.80. The summed E-state index contributed by atoms with van der Waals surface area (Å²) in [6.07, 6.45) is 3.79. The van der Waals surface area contributed by atoms with Crippen LogP contribution in [0.15, 0.2) is 12.1 Å². The Morgan fingerprint density at radius 3 is 2.83 bits per heavy atom. The lowest BCUT2D eigenvalue weighted by molar-refractivity contribution is 0.411. The number of rotatable bonds is 1. The molecule has 0 heterocycles. The van der Waals surface area contributed by atoms with Gasteiger partial charge >= 0.3 is 0 Å². The Morgan fingerprint density at radius 1 is 1.25 bits per heavy atom. The summed E-state index contributed by atoms with van der Waals surface area (Å²) in [7, 11) is 1.74. The van der Waals surface area contributed by atoms with Gasteiger partial charge in [-0.3, -0.25) is 0 Å². The van der Waals surface area contributed by atoms with Crippen LogP contribution in [0.5, 0.6) is 5.75 Å². The minimum Gasteiger partial charge on any atom is -0.496 e. The van der Waals surface area contributed by atoms with Crippen molar-refractivity contribution >= 4 is 0 Å². The van der Waals surface area contributed by atoms with E-state index in [1.807, 2.05) is 0 Å². The van der Waals surface area contributed by atoms with Crippen LogP contribution in [0.25, 0.3) is 0 Å². The van der Waals surface area contributed by atoms with Crippen molar-refractivity contribution < 1.29 is 4.74 Å². The van der Waals surface area contributed by atoms with E-state index in [0.717, 1.165) is 5.75 Å². The molecule has 1 heteroatoms. The van der Waals surface area contributed by atoms with E-state index >= 15 is 0 Å². The third-order valence-corrected chi connectivity index (χ3v) is 2.74. The van der Waals surface area contributed by atoms with Crippen molar-refractivity contribution in [2.45, 2.75) is 26.2 Å². The van der Waals surface area contributed by atoms with Crippen molar-refractivity contribution in [2.24, 2.45) is 0 Å². The van der Waals surface area contributed by atoms with E-state index < -0.39 is 0 Å². The fourth-order valence-corrected chi connectivity index (χ4v) is 2.05. The van der Waals surface area contributed by atoms with E-state index in [-0.39, 0.29) is 0 Å². The fourth-order valence-electron chi connectivity index (χ4n) is 2.05. The summed E-state index contributed by atoms with van der Waals surface area (Å²) in [5.74, 6) is 1.04. The Hall–Kier alpha value is -0.980. The predicted octanol–water partition coefficient (Wildman–Crippen LogP) is 2.49. The molecule has 1 aromatic rings. The molecule has 0 unspecified atom stereocenters. The van der Waals surface area contributed by atoms with Crippen molar-refractivity contribution in [3.63, 3.8) is 0 Å². The minimum atomic E-state index is 1.04. The average molecular weight is 162 g/mol. The first-order valence-electron chi connectivity index (χ1n) is 4.48. The molecular weight excluding hydrogens is 148 g/mol. The third kappa shape index (κ3) is 1.01. The second-order valence-corrected chi connectivity index (χ2v) is 3.38. The highest BCUT2D eigenvalue weighted by Gasteiger charge is 2.14. The normalized spacial score (nSPS) is 14.5. The summed E-state index contributed by atoms with van der Waals surface area (Å²) in [4.78, 5) is 0. The first kappa shape index (κ1) is 7.66. The zero-order valence-electron chi connectivity index (χ0n) is 7.68. The van der Waals surface area contributed by atoms with Crippen molar-refractivity contribution in [3.8, 4) is 5.75 Å². The van der Waals surface area contributed by atoms with Gasteiger partial charge in [0.1, 0.15) is 5.75 Å². The summed E-state index contributed by atoms with van der Waals surface area (Å²) in [6.45, 7) is 2.16. The van der Waals surface area contributed by atoms with E-state index in [4.69, 9.17) is 4.74 Å². The predicted molar refractivity (Wildman–Crippen MR) is 49.8 cm³/mol. The Bertz CT molecular complexity index is 302. The standard InChI is InChI=1S/C11H14O/c1-8-10-5-3-4-9(10)6-7-11(8)12-2/h6-7H,3-5H2,1-2H3. The molecule has 1 aromatic carbocycles. The van der Waals surface area contributed by atoms with Gasteiger partial charge in [-0.1, -0.05) is 6.07 Å². The van der Waals surface area contributed by atoms with Crippen molar-refractivity contribution in [2.75, 3.05) is 7.11 Å². The molecule has 0 saturated carbocycles. The largest absolute Gasteiger partial charge is 0.496 e. The van der Waals surface area contributed by atoms with Crippen molar-refractivity contribution in [1.29, 1.82) is 0 Å².